The Morgan fingerprint density at radius 3 is 2.27 bits per heavy atom. The number of ether oxygens (including phenoxy) is 2. The third-order valence-electron chi connectivity index (χ3n) is 3.53. The van der Waals surface area contributed by atoms with Crippen molar-refractivity contribution in [3.63, 3.8) is 0 Å². The zero-order valence-electron chi connectivity index (χ0n) is 16.5. The van der Waals surface area contributed by atoms with Gasteiger partial charge in [0.25, 0.3) is 0 Å². The van der Waals surface area contributed by atoms with E-state index in [4.69, 9.17) is 9.47 Å². The minimum absolute atomic E-state index is 0.0542. The molecule has 1 saturated heterocycles. The molecule has 6 heteroatoms. The maximum atomic E-state index is 12.2. The first kappa shape index (κ1) is 20.6. The molecule has 0 spiro atoms. The Balaban J connectivity index is 2.01. The number of esters is 1. The van der Waals surface area contributed by atoms with Crippen LogP contribution in [0.1, 0.15) is 58.9 Å². The number of hydrogen-bond acceptors (Lipinski definition) is 5. The van der Waals surface area contributed by atoms with Crippen molar-refractivity contribution in [1.82, 2.24) is 4.90 Å². The van der Waals surface area contributed by atoms with Crippen LogP contribution in [0.5, 0.6) is 5.75 Å². The van der Waals surface area contributed by atoms with Crippen molar-refractivity contribution in [2.45, 2.75) is 64.5 Å². The van der Waals surface area contributed by atoms with Gasteiger partial charge in [-0.25, -0.2) is 0 Å². The molecule has 1 aromatic carbocycles. The number of thioether (sulfide) groups is 1. The van der Waals surface area contributed by atoms with E-state index in [0.717, 1.165) is 11.3 Å². The van der Waals surface area contributed by atoms with E-state index in [2.05, 4.69) is 0 Å². The molecule has 2 rings (SSSR count). The van der Waals surface area contributed by atoms with Crippen molar-refractivity contribution in [3.8, 4) is 5.75 Å². The molecule has 0 radical (unpaired) electrons. The van der Waals surface area contributed by atoms with E-state index in [0.29, 0.717) is 12.3 Å². The van der Waals surface area contributed by atoms with Crippen molar-refractivity contribution in [2.75, 3.05) is 12.3 Å². The molecular formula is C20H29NO4S. The summed E-state index contributed by atoms with van der Waals surface area (Å²) in [5.41, 5.74) is 0.272. The van der Waals surface area contributed by atoms with Crippen LogP contribution in [0, 0.1) is 0 Å². The normalized spacial score (nSPS) is 18.2. The molecule has 1 aromatic rings. The van der Waals surface area contributed by atoms with E-state index in [-0.39, 0.29) is 29.3 Å². The van der Waals surface area contributed by atoms with E-state index in [1.165, 1.54) is 0 Å². The average molecular weight is 380 g/mol. The van der Waals surface area contributed by atoms with Gasteiger partial charge in [-0.15, -0.1) is 11.8 Å². The number of carbonyl (C=O) groups excluding carboxylic acids is 2. The van der Waals surface area contributed by atoms with Gasteiger partial charge in [0.05, 0.1) is 12.2 Å². The molecule has 1 aliphatic heterocycles. The molecule has 0 N–H and O–H groups in total. The Morgan fingerprint density at radius 1 is 1.12 bits per heavy atom. The monoisotopic (exact) mass is 379 g/mol. The van der Waals surface area contributed by atoms with Crippen molar-refractivity contribution in [3.05, 3.63) is 29.8 Å². The van der Waals surface area contributed by atoms with Crippen molar-refractivity contribution in [1.29, 1.82) is 0 Å². The molecule has 1 fully saturated rings. The summed E-state index contributed by atoms with van der Waals surface area (Å²) in [5.74, 6) is 1.00. The van der Waals surface area contributed by atoms with Crippen LogP contribution < -0.4 is 4.74 Å². The second-order valence-electron chi connectivity index (χ2n) is 8.37. The topological polar surface area (TPSA) is 55.8 Å². The van der Waals surface area contributed by atoms with Gasteiger partial charge in [-0.1, -0.05) is 12.1 Å². The fraction of sp³-hybridized carbons (Fsp3) is 0.600. The highest BCUT2D eigenvalue weighted by atomic mass is 32.2. The summed E-state index contributed by atoms with van der Waals surface area (Å²) in [6, 6.07) is 7.82. The van der Waals surface area contributed by atoms with Gasteiger partial charge in [-0.2, -0.15) is 0 Å². The first-order chi connectivity index (χ1) is 11.9. The first-order valence-electron chi connectivity index (χ1n) is 8.86. The Morgan fingerprint density at radius 2 is 1.73 bits per heavy atom. The van der Waals surface area contributed by atoms with E-state index in [1.54, 1.807) is 16.7 Å². The Kier molecular flexibility index (Phi) is 6.27. The van der Waals surface area contributed by atoms with Gasteiger partial charge < -0.3 is 14.4 Å². The number of amides is 1. The van der Waals surface area contributed by atoms with Crippen LogP contribution in [0.4, 0.5) is 0 Å². The van der Waals surface area contributed by atoms with Crippen molar-refractivity contribution >= 4 is 23.6 Å². The Hall–Kier alpha value is -1.69. The van der Waals surface area contributed by atoms with Crippen LogP contribution in [-0.4, -0.2) is 40.3 Å². The van der Waals surface area contributed by atoms with Crippen LogP contribution >= 0.6 is 11.8 Å². The predicted molar refractivity (Wildman–Crippen MR) is 104 cm³/mol. The van der Waals surface area contributed by atoms with Gasteiger partial charge in [0.1, 0.15) is 22.3 Å². The molecule has 0 saturated carbocycles. The lowest BCUT2D eigenvalue weighted by atomic mass is 10.1. The zero-order valence-corrected chi connectivity index (χ0v) is 17.3. The molecular weight excluding hydrogens is 350 g/mol. The molecule has 0 bridgehead atoms. The van der Waals surface area contributed by atoms with E-state index in [9.17, 15) is 9.59 Å². The summed E-state index contributed by atoms with van der Waals surface area (Å²) < 4.78 is 11.2. The molecule has 0 aromatic heterocycles. The van der Waals surface area contributed by atoms with Gasteiger partial charge in [0, 0.05) is 6.54 Å². The third kappa shape index (κ3) is 6.24. The lowest BCUT2D eigenvalue weighted by Gasteiger charge is -2.26. The second-order valence-corrected chi connectivity index (χ2v) is 9.44. The first-order valence-corrected chi connectivity index (χ1v) is 9.91. The molecule has 1 atom stereocenters. The van der Waals surface area contributed by atoms with Crippen LogP contribution in [0.3, 0.4) is 0 Å². The maximum absolute atomic E-state index is 12.2. The molecule has 0 aliphatic carbocycles. The highest BCUT2D eigenvalue weighted by Gasteiger charge is 2.33. The SMILES string of the molecule is CC(C)(C)OC(=O)CCN1C(=O)CSC1c1ccc(OC(C)(C)C)cc1. The minimum Gasteiger partial charge on any atom is -0.488 e. The van der Waals surface area contributed by atoms with Gasteiger partial charge in [0.2, 0.25) is 5.91 Å². The molecule has 26 heavy (non-hydrogen) atoms. The molecule has 1 amide bonds. The lowest BCUT2D eigenvalue weighted by Crippen LogP contribution is -2.32. The summed E-state index contributed by atoms with van der Waals surface area (Å²) in [6.07, 6.45) is 0.200. The van der Waals surface area contributed by atoms with Crippen LogP contribution in [0.15, 0.2) is 24.3 Å². The lowest BCUT2D eigenvalue weighted by molar-refractivity contribution is -0.155. The summed E-state index contributed by atoms with van der Waals surface area (Å²) >= 11 is 1.58. The number of hydrogen-bond donors (Lipinski definition) is 0. The molecule has 1 aliphatic rings. The quantitative estimate of drug-likeness (QED) is 0.719. The van der Waals surface area contributed by atoms with Crippen LogP contribution in [0.2, 0.25) is 0 Å². The summed E-state index contributed by atoms with van der Waals surface area (Å²) in [4.78, 5) is 26.0. The number of benzene rings is 1. The van der Waals surface area contributed by atoms with Gasteiger partial charge in [-0.3, -0.25) is 9.59 Å². The van der Waals surface area contributed by atoms with E-state index < -0.39 is 5.60 Å². The van der Waals surface area contributed by atoms with Gasteiger partial charge in [0.15, 0.2) is 0 Å². The summed E-state index contributed by atoms with van der Waals surface area (Å²) in [5, 5.41) is -0.0753. The van der Waals surface area contributed by atoms with Crippen molar-refractivity contribution in [2.24, 2.45) is 0 Å². The fourth-order valence-corrected chi connectivity index (χ4v) is 3.85. The molecule has 1 unspecified atom stereocenters. The Labute approximate surface area is 160 Å². The Bertz CT molecular complexity index is 643. The highest BCUT2D eigenvalue weighted by Crippen LogP contribution is 2.39. The minimum atomic E-state index is -0.511. The largest absolute Gasteiger partial charge is 0.488 e. The molecule has 1 heterocycles. The van der Waals surface area contributed by atoms with E-state index in [1.807, 2.05) is 65.8 Å². The average Bonchev–Trinajstić information content (AvgIpc) is 2.83. The summed E-state index contributed by atoms with van der Waals surface area (Å²) in [6.45, 7) is 11.9. The zero-order chi connectivity index (χ0) is 19.5. The standard InChI is InChI=1S/C20H29NO4S/c1-19(2,3)24-15-9-7-14(8-10-15)18-21(16(22)13-26-18)12-11-17(23)25-20(4,5)6/h7-10,18H,11-13H2,1-6H3. The van der Waals surface area contributed by atoms with Gasteiger partial charge >= 0.3 is 5.97 Å². The predicted octanol–water partition coefficient (Wildman–Crippen LogP) is 4.17. The number of nitrogens with zero attached hydrogens (tertiary/aromatic N) is 1. The number of carbonyl (C=O) groups is 2. The van der Waals surface area contributed by atoms with Crippen LogP contribution in [-0.2, 0) is 14.3 Å². The highest BCUT2D eigenvalue weighted by molar-refractivity contribution is 8.00. The van der Waals surface area contributed by atoms with Crippen LogP contribution in [0.25, 0.3) is 0 Å². The van der Waals surface area contributed by atoms with E-state index >= 15 is 0 Å². The smallest absolute Gasteiger partial charge is 0.308 e. The second kappa shape index (κ2) is 7.91. The van der Waals surface area contributed by atoms with Gasteiger partial charge in [-0.05, 0) is 59.2 Å². The molecule has 5 nitrogen and oxygen atoms in total. The molecule has 144 valence electrons. The number of rotatable bonds is 5. The maximum Gasteiger partial charge on any atom is 0.308 e. The fourth-order valence-electron chi connectivity index (χ4n) is 2.63. The summed E-state index contributed by atoms with van der Waals surface area (Å²) in [7, 11) is 0. The third-order valence-corrected chi connectivity index (χ3v) is 4.79. The van der Waals surface area contributed by atoms with Crippen molar-refractivity contribution < 1.29 is 19.1 Å².